The van der Waals surface area contributed by atoms with Crippen molar-refractivity contribution in [2.45, 2.75) is 57.2 Å². The molecule has 1 saturated carbocycles. The van der Waals surface area contributed by atoms with Gasteiger partial charge in [0.2, 0.25) is 5.91 Å². The van der Waals surface area contributed by atoms with Crippen LogP contribution in [0.4, 0.5) is 0 Å². The van der Waals surface area contributed by atoms with Crippen molar-refractivity contribution < 1.29 is 4.79 Å². The number of carbonyl (C=O) groups is 1. The summed E-state index contributed by atoms with van der Waals surface area (Å²) in [6.07, 6.45) is 6.02. The SMILES string of the molecule is O=C1CN(Cc2ccc3n(c2=O)C[C@@H]2CNC[C@H]3C2)CCN1C1CCCC1. The van der Waals surface area contributed by atoms with E-state index in [2.05, 4.69) is 21.2 Å². The molecular formula is C21H30N4O2. The summed E-state index contributed by atoms with van der Waals surface area (Å²) in [4.78, 5) is 30.0. The van der Waals surface area contributed by atoms with Gasteiger partial charge in [0.25, 0.3) is 5.56 Å². The smallest absolute Gasteiger partial charge is 0.255 e. The van der Waals surface area contributed by atoms with Crippen LogP contribution in [0.25, 0.3) is 0 Å². The molecule has 5 rings (SSSR count). The lowest BCUT2D eigenvalue weighted by Crippen LogP contribution is -2.53. The summed E-state index contributed by atoms with van der Waals surface area (Å²) in [7, 11) is 0. The average molecular weight is 370 g/mol. The Hall–Kier alpha value is -1.66. The van der Waals surface area contributed by atoms with Gasteiger partial charge in [0, 0.05) is 55.9 Å². The maximum Gasteiger partial charge on any atom is 0.255 e. The van der Waals surface area contributed by atoms with Crippen LogP contribution >= 0.6 is 0 Å². The molecule has 4 aliphatic rings. The zero-order valence-corrected chi connectivity index (χ0v) is 16.0. The van der Waals surface area contributed by atoms with Gasteiger partial charge in [-0.15, -0.1) is 0 Å². The number of amides is 1. The van der Waals surface area contributed by atoms with E-state index in [1.54, 1.807) is 0 Å². The summed E-state index contributed by atoms with van der Waals surface area (Å²) < 4.78 is 2.02. The summed E-state index contributed by atoms with van der Waals surface area (Å²) in [5.74, 6) is 1.28. The first kappa shape index (κ1) is 17.4. The number of aromatic nitrogens is 1. The summed E-state index contributed by atoms with van der Waals surface area (Å²) in [6.45, 7) is 5.56. The number of fused-ring (bicyclic) bond motifs is 4. The second-order valence-electron chi connectivity index (χ2n) is 8.89. The zero-order chi connectivity index (χ0) is 18.4. The van der Waals surface area contributed by atoms with E-state index in [4.69, 9.17) is 0 Å². The van der Waals surface area contributed by atoms with Crippen molar-refractivity contribution in [3.63, 3.8) is 0 Å². The normalized spacial score (nSPS) is 29.2. The molecule has 2 bridgehead atoms. The van der Waals surface area contributed by atoms with Crippen LogP contribution in [0.3, 0.4) is 0 Å². The topological polar surface area (TPSA) is 57.6 Å². The third-order valence-corrected chi connectivity index (χ3v) is 7.08. The van der Waals surface area contributed by atoms with Gasteiger partial charge in [0.15, 0.2) is 0 Å². The van der Waals surface area contributed by atoms with Crippen molar-refractivity contribution in [1.82, 2.24) is 19.7 Å². The molecule has 0 unspecified atom stereocenters. The van der Waals surface area contributed by atoms with E-state index < -0.39 is 0 Å². The largest absolute Gasteiger partial charge is 0.337 e. The lowest BCUT2D eigenvalue weighted by Gasteiger charge is -2.39. The van der Waals surface area contributed by atoms with Crippen LogP contribution in [0.5, 0.6) is 0 Å². The van der Waals surface area contributed by atoms with Crippen LogP contribution in [0.2, 0.25) is 0 Å². The van der Waals surface area contributed by atoms with Crippen molar-refractivity contribution in [3.05, 3.63) is 33.7 Å². The van der Waals surface area contributed by atoms with Crippen molar-refractivity contribution >= 4 is 5.91 Å². The van der Waals surface area contributed by atoms with Gasteiger partial charge in [0.05, 0.1) is 6.54 Å². The van der Waals surface area contributed by atoms with E-state index in [-0.39, 0.29) is 11.5 Å². The van der Waals surface area contributed by atoms with Crippen LogP contribution in [-0.4, -0.2) is 59.0 Å². The van der Waals surface area contributed by atoms with Crippen LogP contribution in [0, 0.1) is 5.92 Å². The highest BCUT2D eigenvalue weighted by Crippen LogP contribution is 2.32. The molecule has 3 aliphatic heterocycles. The third-order valence-electron chi connectivity index (χ3n) is 7.08. The lowest BCUT2D eigenvalue weighted by molar-refractivity contribution is -0.138. The number of hydrogen-bond donors (Lipinski definition) is 1. The van der Waals surface area contributed by atoms with Gasteiger partial charge < -0.3 is 14.8 Å². The Morgan fingerprint density at radius 2 is 1.93 bits per heavy atom. The van der Waals surface area contributed by atoms with Crippen molar-refractivity contribution in [2.75, 3.05) is 32.7 Å². The first-order valence-electron chi connectivity index (χ1n) is 10.6. The molecule has 0 radical (unpaired) electrons. The number of nitrogens with zero attached hydrogens (tertiary/aromatic N) is 3. The number of carbonyl (C=O) groups excluding carboxylic acids is 1. The fraction of sp³-hybridized carbons (Fsp3) is 0.714. The molecule has 1 N–H and O–H groups in total. The molecule has 1 aromatic rings. The van der Waals surface area contributed by atoms with Gasteiger partial charge in [-0.05, 0) is 37.8 Å². The summed E-state index contributed by atoms with van der Waals surface area (Å²) in [5.41, 5.74) is 2.19. The minimum atomic E-state index is 0.162. The molecule has 0 aromatic carbocycles. The monoisotopic (exact) mass is 370 g/mol. The van der Waals surface area contributed by atoms with Gasteiger partial charge in [-0.2, -0.15) is 0 Å². The average Bonchev–Trinajstić information content (AvgIpc) is 3.19. The Bertz CT molecular complexity index is 783. The molecule has 3 fully saturated rings. The zero-order valence-electron chi connectivity index (χ0n) is 16.0. The van der Waals surface area contributed by atoms with E-state index >= 15 is 0 Å². The van der Waals surface area contributed by atoms with E-state index in [0.717, 1.165) is 51.1 Å². The minimum Gasteiger partial charge on any atom is -0.337 e. The minimum absolute atomic E-state index is 0.162. The number of piperazine rings is 1. The highest BCUT2D eigenvalue weighted by Gasteiger charge is 2.33. The molecule has 1 amide bonds. The lowest BCUT2D eigenvalue weighted by atomic mass is 9.84. The molecule has 4 heterocycles. The van der Waals surface area contributed by atoms with Gasteiger partial charge in [-0.3, -0.25) is 14.5 Å². The Labute approximate surface area is 160 Å². The number of nitrogens with one attached hydrogen (secondary N) is 1. The third kappa shape index (κ3) is 3.23. The molecule has 6 nitrogen and oxygen atoms in total. The maximum absolute atomic E-state index is 13.1. The number of piperidine rings is 1. The standard InChI is InChI=1S/C21H30N4O2/c26-20-14-23(7-8-24(20)18-3-1-2-4-18)13-16-5-6-19-17-9-15(10-22-11-17)12-25(19)21(16)27/h5-6,15,17-18,22H,1-4,7-14H2/t15-,17+/m0/s1. The fourth-order valence-corrected chi connectivity index (χ4v) is 5.67. The summed E-state index contributed by atoms with van der Waals surface area (Å²) in [5, 5.41) is 3.49. The molecule has 1 aliphatic carbocycles. The van der Waals surface area contributed by atoms with Crippen LogP contribution < -0.4 is 10.9 Å². The number of rotatable bonds is 3. The molecule has 2 saturated heterocycles. The van der Waals surface area contributed by atoms with Crippen LogP contribution in [-0.2, 0) is 17.9 Å². The molecular weight excluding hydrogens is 340 g/mol. The van der Waals surface area contributed by atoms with E-state index in [1.165, 1.54) is 25.0 Å². The number of hydrogen-bond acceptors (Lipinski definition) is 4. The first-order chi connectivity index (χ1) is 13.2. The predicted molar refractivity (Wildman–Crippen MR) is 104 cm³/mol. The van der Waals surface area contributed by atoms with Crippen LogP contribution in [0.1, 0.15) is 49.3 Å². The Kier molecular flexibility index (Phi) is 4.56. The Morgan fingerprint density at radius 1 is 1.07 bits per heavy atom. The molecule has 146 valence electrons. The maximum atomic E-state index is 13.1. The number of pyridine rings is 1. The summed E-state index contributed by atoms with van der Waals surface area (Å²) >= 11 is 0. The highest BCUT2D eigenvalue weighted by atomic mass is 16.2. The predicted octanol–water partition coefficient (Wildman–Crippen LogP) is 1.14. The van der Waals surface area contributed by atoms with Crippen LogP contribution in [0.15, 0.2) is 16.9 Å². The first-order valence-corrected chi connectivity index (χ1v) is 10.6. The van der Waals surface area contributed by atoms with E-state index in [1.807, 2.05) is 10.6 Å². The second-order valence-corrected chi connectivity index (χ2v) is 8.89. The Morgan fingerprint density at radius 3 is 2.74 bits per heavy atom. The van der Waals surface area contributed by atoms with Crippen molar-refractivity contribution in [1.29, 1.82) is 0 Å². The second kappa shape index (κ2) is 7.06. The van der Waals surface area contributed by atoms with Crippen molar-refractivity contribution in [2.24, 2.45) is 5.92 Å². The van der Waals surface area contributed by atoms with Gasteiger partial charge in [-0.25, -0.2) is 0 Å². The fourth-order valence-electron chi connectivity index (χ4n) is 5.67. The molecule has 2 atom stereocenters. The van der Waals surface area contributed by atoms with Gasteiger partial charge in [-0.1, -0.05) is 18.9 Å². The molecule has 6 heteroatoms. The van der Waals surface area contributed by atoms with Gasteiger partial charge >= 0.3 is 0 Å². The summed E-state index contributed by atoms with van der Waals surface area (Å²) in [6, 6.07) is 4.63. The molecule has 1 aromatic heterocycles. The quantitative estimate of drug-likeness (QED) is 0.867. The Balaban J connectivity index is 1.30. The highest BCUT2D eigenvalue weighted by molar-refractivity contribution is 5.79. The molecule has 27 heavy (non-hydrogen) atoms. The van der Waals surface area contributed by atoms with E-state index in [9.17, 15) is 9.59 Å². The van der Waals surface area contributed by atoms with Crippen molar-refractivity contribution in [3.8, 4) is 0 Å². The van der Waals surface area contributed by atoms with Gasteiger partial charge in [0.1, 0.15) is 0 Å². The van der Waals surface area contributed by atoms with E-state index in [0.29, 0.717) is 31.0 Å². The molecule has 0 spiro atoms.